The minimum Gasteiger partial charge on any atom is -0.481 e. The fourth-order valence-electron chi connectivity index (χ4n) is 2.72. The first kappa shape index (κ1) is 12.4. The van der Waals surface area contributed by atoms with Crippen LogP contribution in [0.2, 0.25) is 5.02 Å². The van der Waals surface area contributed by atoms with Crippen molar-refractivity contribution < 1.29 is 9.90 Å². The Bertz CT molecular complexity index is 644. The molecule has 1 aliphatic heterocycles. The molecular weight excluding hydrogens is 264 g/mol. The van der Waals surface area contributed by atoms with E-state index in [1.165, 1.54) is 0 Å². The summed E-state index contributed by atoms with van der Waals surface area (Å²) in [5.41, 5.74) is 1.76. The zero-order valence-corrected chi connectivity index (χ0v) is 10.9. The maximum atomic E-state index is 11.3. The number of fused-ring (bicyclic) bond motifs is 1. The molecule has 3 rings (SSSR count). The monoisotopic (exact) mass is 276 g/mol. The first-order chi connectivity index (χ1) is 9.18. The number of nitrogens with zero attached hydrogens (tertiary/aromatic N) is 1. The number of pyridine rings is 1. The van der Waals surface area contributed by atoms with Crippen LogP contribution >= 0.6 is 11.6 Å². The standard InChI is InChI=1S/C14H13ClN2O2/c15-12-4-3-8(13-9(12)2-1-5-17-13)10-6-16-7-11(10)14(18)19/h1-5,10-11,16H,6-7H2,(H,18,19). The number of carboxylic acids is 1. The normalized spacial score (nSPS) is 22.8. The van der Waals surface area contributed by atoms with Crippen LogP contribution in [0, 0.1) is 5.92 Å². The maximum Gasteiger partial charge on any atom is 0.308 e. The number of carboxylic acid groups (broad SMARTS) is 1. The molecule has 0 bridgehead atoms. The Morgan fingerprint density at radius 1 is 1.37 bits per heavy atom. The van der Waals surface area contributed by atoms with Gasteiger partial charge >= 0.3 is 5.97 Å². The zero-order chi connectivity index (χ0) is 13.4. The summed E-state index contributed by atoms with van der Waals surface area (Å²) in [4.78, 5) is 15.7. The van der Waals surface area contributed by atoms with Crippen LogP contribution in [-0.2, 0) is 4.79 Å². The molecule has 2 aromatic rings. The Morgan fingerprint density at radius 3 is 3.00 bits per heavy atom. The van der Waals surface area contributed by atoms with Crippen molar-refractivity contribution in [3.05, 3.63) is 41.0 Å². The van der Waals surface area contributed by atoms with E-state index in [-0.39, 0.29) is 5.92 Å². The molecule has 0 spiro atoms. The van der Waals surface area contributed by atoms with Gasteiger partial charge in [0, 0.05) is 35.6 Å². The van der Waals surface area contributed by atoms with Crippen LogP contribution in [0.1, 0.15) is 11.5 Å². The molecule has 98 valence electrons. The number of hydrogen-bond acceptors (Lipinski definition) is 3. The summed E-state index contributed by atoms with van der Waals surface area (Å²) < 4.78 is 0. The van der Waals surface area contributed by atoms with Crippen LogP contribution in [0.25, 0.3) is 10.9 Å². The number of halogens is 1. The molecule has 1 aliphatic rings. The lowest BCUT2D eigenvalue weighted by molar-refractivity contribution is -0.141. The van der Waals surface area contributed by atoms with Crippen molar-refractivity contribution in [2.75, 3.05) is 13.1 Å². The number of carbonyl (C=O) groups is 1. The number of aliphatic carboxylic acids is 1. The topological polar surface area (TPSA) is 62.2 Å². The van der Waals surface area contributed by atoms with Gasteiger partial charge in [-0.25, -0.2) is 0 Å². The second-order valence-corrected chi connectivity index (χ2v) is 5.15. The van der Waals surface area contributed by atoms with E-state index in [0.717, 1.165) is 16.5 Å². The van der Waals surface area contributed by atoms with E-state index in [1.54, 1.807) is 6.20 Å². The molecule has 2 N–H and O–H groups in total. The number of rotatable bonds is 2. The van der Waals surface area contributed by atoms with Crippen LogP contribution < -0.4 is 5.32 Å². The summed E-state index contributed by atoms with van der Waals surface area (Å²) in [5.74, 6) is -1.24. The first-order valence-corrected chi connectivity index (χ1v) is 6.53. The third-order valence-electron chi connectivity index (χ3n) is 3.68. The first-order valence-electron chi connectivity index (χ1n) is 6.15. The Morgan fingerprint density at radius 2 is 2.21 bits per heavy atom. The van der Waals surface area contributed by atoms with Crippen molar-refractivity contribution in [2.45, 2.75) is 5.92 Å². The van der Waals surface area contributed by atoms with E-state index < -0.39 is 11.9 Å². The highest BCUT2D eigenvalue weighted by Crippen LogP contribution is 2.34. The van der Waals surface area contributed by atoms with Gasteiger partial charge in [-0.2, -0.15) is 0 Å². The zero-order valence-electron chi connectivity index (χ0n) is 10.1. The maximum absolute atomic E-state index is 11.3. The molecule has 0 aliphatic carbocycles. The highest BCUT2D eigenvalue weighted by Gasteiger charge is 2.35. The predicted molar refractivity (Wildman–Crippen MR) is 73.5 cm³/mol. The highest BCUT2D eigenvalue weighted by atomic mass is 35.5. The third kappa shape index (κ3) is 2.07. The van der Waals surface area contributed by atoms with E-state index >= 15 is 0 Å². The van der Waals surface area contributed by atoms with E-state index in [9.17, 15) is 9.90 Å². The molecule has 1 saturated heterocycles. The number of benzene rings is 1. The van der Waals surface area contributed by atoms with Gasteiger partial charge < -0.3 is 10.4 Å². The molecule has 0 radical (unpaired) electrons. The largest absolute Gasteiger partial charge is 0.481 e. The summed E-state index contributed by atoms with van der Waals surface area (Å²) in [7, 11) is 0. The average molecular weight is 277 g/mol. The molecular formula is C14H13ClN2O2. The lowest BCUT2D eigenvalue weighted by Crippen LogP contribution is -2.21. The van der Waals surface area contributed by atoms with Gasteiger partial charge in [-0.3, -0.25) is 9.78 Å². The van der Waals surface area contributed by atoms with Crippen molar-refractivity contribution in [2.24, 2.45) is 5.92 Å². The molecule has 1 aromatic carbocycles. The molecule has 19 heavy (non-hydrogen) atoms. The van der Waals surface area contributed by atoms with Crippen LogP contribution in [0.15, 0.2) is 30.5 Å². The molecule has 4 nitrogen and oxygen atoms in total. The average Bonchev–Trinajstić information content (AvgIpc) is 2.89. The van der Waals surface area contributed by atoms with Gasteiger partial charge in [0.1, 0.15) is 0 Å². The fourth-order valence-corrected chi connectivity index (χ4v) is 2.94. The van der Waals surface area contributed by atoms with E-state index in [1.807, 2.05) is 24.3 Å². The minimum atomic E-state index is -0.769. The quantitative estimate of drug-likeness (QED) is 0.883. The summed E-state index contributed by atoms with van der Waals surface area (Å²) >= 11 is 6.16. The Labute approximate surface area is 115 Å². The van der Waals surface area contributed by atoms with E-state index in [2.05, 4.69) is 10.3 Å². The summed E-state index contributed by atoms with van der Waals surface area (Å²) in [6.45, 7) is 1.15. The molecule has 1 fully saturated rings. The summed E-state index contributed by atoms with van der Waals surface area (Å²) in [6, 6.07) is 7.45. The van der Waals surface area contributed by atoms with Gasteiger partial charge in [0.25, 0.3) is 0 Å². The molecule has 0 amide bonds. The van der Waals surface area contributed by atoms with Crippen LogP contribution in [0.5, 0.6) is 0 Å². The summed E-state index contributed by atoms with van der Waals surface area (Å²) in [6.07, 6.45) is 1.71. The van der Waals surface area contributed by atoms with E-state index in [4.69, 9.17) is 11.6 Å². The second kappa shape index (κ2) is 4.79. The van der Waals surface area contributed by atoms with Gasteiger partial charge in [0.05, 0.1) is 11.4 Å². The Hall–Kier alpha value is -1.65. The van der Waals surface area contributed by atoms with Crippen molar-refractivity contribution >= 4 is 28.5 Å². The van der Waals surface area contributed by atoms with Gasteiger partial charge in [-0.1, -0.05) is 17.7 Å². The SMILES string of the molecule is O=C(O)C1CNCC1c1ccc(Cl)c2cccnc12. The van der Waals surface area contributed by atoms with Crippen molar-refractivity contribution in [1.82, 2.24) is 10.3 Å². The molecule has 0 saturated carbocycles. The van der Waals surface area contributed by atoms with Gasteiger partial charge in [0.2, 0.25) is 0 Å². The van der Waals surface area contributed by atoms with Crippen molar-refractivity contribution in [3.63, 3.8) is 0 Å². The predicted octanol–water partition coefficient (Wildman–Crippen LogP) is 2.28. The smallest absolute Gasteiger partial charge is 0.308 e. The Balaban J connectivity index is 2.15. The van der Waals surface area contributed by atoms with Crippen molar-refractivity contribution in [1.29, 1.82) is 0 Å². The minimum absolute atomic E-state index is 0.0628. The Kier molecular flexibility index (Phi) is 3.12. The second-order valence-electron chi connectivity index (χ2n) is 4.75. The molecule has 2 atom stereocenters. The van der Waals surface area contributed by atoms with Crippen molar-refractivity contribution in [3.8, 4) is 0 Å². The lowest BCUT2D eigenvalue weighted by Gasteiger charge is -2.17. The molecule has 2 unspecified atom stereocenters. The third-order valence-corrected chi connectivity index (χ3v) is 4.01. The number of hydrogen-bond donors (Lipinski definition) is 2. The van der Waals surface area contributed by atoms with Crippen LogP contribution in [0.3, 0.4) is 0 Å². The van der Waals surface area contributed by atoms with Gasteiger partial charge in [0.15, 0.2) is 0 Å². The molecule has 5 heteroatoms. The van der Waals surface area contributed by atoms with Crippen LogP contribution in [-0.4, -0.2) is 29.1 Å². The molecule has 2 heterocycles. The van der Waals surface area contributed by atoms with Gasteiger partial charge in [-0.05, 0) is 23.8 Å². The van der Waals surface area contributed by atoms with E-state index in [0.29, 0.717) is 18.1 Å². The lowest BCUT2D eigenvalue weighted by atomic mass is 9.87. The molecule has 1 aromatic heterocycles. The van der Waals surface area contributed by atoms with Gasteiger partial charge in [-0.15, -0.1) is 0 Å². The highest BCUT2D eigenvalue weighted by molar-refractivity contribution is 6.35. The fraction of sp³-hybridized carbons (Fsp3) is 0.286. The number of aromatic nitrogens is 1. The summed E-state index contributed by atoms with van der Waals surface area (Å²) in [5, 5.41) is 13.9. The number of nitrogens with one attached hydrogen (secondary N) is 1. The van der Waals surface area contributed by atoms with Crippen LogP contribution in [0.4, 0.5) is 0 Å².